The Hall–Kier alpha value is -2.26. The number of ether oxygens (including phenoxy) is 1. The smallest absolute Gasteiger partial charge is 0.224 e. The number of nitrogens with zero attached hydrogens (tertiary/aromatic N) is 5. The van der Waals surface area contributed by atoms with E-state index in [4.69, 9.17) is 14.7 Å². The molecule has 2 amide bonds. The van der Waals surface area contributed by atoms with Gasteiger partial charge in [-0.05, 0) is 19.4 Å². The van der Waals surface area contributed by atoms with Crippen molar-refractivity contribution >= 4 is 17.6 Å². The van der Waals surface area contributed by atoms with Crippen molar-refractivity contribution < 1.29 is 14.3 Å². The van der Waals surface area contributed by atoms with Gasteiger partial charge in [0.15, 0.2) is 0 Å². The molecule has 4 heterocycles. The number of nitrogens with one attached hydrogen (secondary N) is 1. The molecule has 2 saturated heterocycles. The van der Waals surface area contributed by atoms with Crippen molar-refractivity contribution in [2.75, 3.05) is 58.3 Å². The predicted molar refractivity (Wildman–Crippen MR) is 117 cm³/mol. The van der Waals surface area contributed by atoms with Crippen LogP contribution in [0.1, 0.15) is 55.7 Å². The Labute approximate surface area is 184 Å². The Morgan fingerprint density at radius 2 is 1.90 bits per heavy atom. The van der Waals surface area contributed by atoms with Crippen LogP contribution in [0.15, 0.2) is 0 Å². The van der Waals surface area contributed by atoms with Gasteiger partial charge in [0.25, 0.3) is 0 Å². The standard InChI is InChI=1S/C22H34N6O3/c1-16(29)28-9-6-18-17(15-28)21(23-2)25-22(24-18)19-5-3-4-8-26(19)10-7-20(30)27-11-13-31-14-12-27/h19H,3-15H2,1-2H3,(H,23,24,25)/t19-/m1/s1. The molecule has 1 aromatic heterocycles. The van der Waals surface area contributed by atoms with Crippen LogP contribution >= 0.6 is 0 Å². The Kier molecular flexibility index (Phi) is 7.02. The molecular formula is C22H34N6O3. The van der Waals surface area contributed by atoms with E-state index < -0.39 is 0 Å². The molecule has 0 aromatic carbocycles. The summed E-state index contributed by atoms with van der Waals surface area (Å²) in [5, 5.41) is 3.22. The number of carbonyl (C=O) groups is 2. The maximum Gasteiger partial charge on any atom is 0.224 e. The molecule has 1 aromatic rings. The number of hydrogen-bond donors (Lipinski definition) is 1. The van der Waals surface area contributed by atoms with Crippen molar-refractivity contribution in [3.05, 3.63) is 17.1 Å². The van der Waals surface area contributed by atoms with Crippen molar-refractivity contribution in [3.8, 4) is 0 Å². The SMILES string of the molecule is CNc1nc([C@H]2CCCCN2CCC(=O)N2CCOCC2)nc2c1CN(C(C)=O)CC2. The second kappa shape index (κ2) is 9.91. The highest BCUT2D eigenvalue weighted by atomic mass is 16.5. The van der Waals surface area contributed by atoms with Crippen LogP contribution in [-0.2, 0) is 27.3 Å². The Morgan fingerprint density at radius 3 is 2.65 bits per heavy atom. The van der Waals surface area contributed by atoms with Crippen LogP contribution in [0.25, 0.3) is 0 Å². The third-order valence-corrected chi connectivity index (χ3v) is 6.65. The minimum Gasteiger partial charge on any atom is -0.378 e. The Bertz CT molecular complexity index is 793. The van der Waals surface area contributed by atoms with Gasteiger partial charge in [-0.3, -0.25) is 14.5 Å². The van der Waals surface area contributed by atoms with E-state index in [0.717, 1.165) is 61.7 Å². The predicted octanol–water partition coefficient (Wildman–Crippen LogP) is 1.20. The van der Waals surface area contributed by atoms with E-state index in [1.807, 2.05) is 16.8 Å². The highest BCUT2D eigenvalue weighted by Gasteiger charge is 2.30. The third kappa shape index (κ3) is 4.98. The molecule has 4 rings (SSSR count). The zero-order chi connectivity index (χ0) is 21.8. The summed E-state index contributed by atoms with van der Waals surface area (Å²) in [5.74, 6) is 1.96. The van der Waals surface area contributed by atoms with Gasteiger partial charge in [0, 0.05) is 58.6 Å². The van der Waals surface area contributed by atoms with Crippen LogP contribution in [-0.4, -0.2) is 89.5 Å². The summed E-state index contributed by atoms with van der Waals surface area (Å²) in [7, 11) is 1.87. The normalized spacial score (nSPS) is 22.2. The second-order valence-corrected chi connectivity index (χ2v) is 8.59. The van der Waals surface area contributed by atoms with Crippen molar-refractivity contribution in [2.24, 2.45) is 0 Å². The molecule has 2 fully saturated rings. The van der Waals surface area contributed by atoms with E-state index in [-0.39, 0.29) is 17.9 Å². The van der Waals surface area contributed by atoms with Gasteiger partial charge in [-0.1, -0.05) is 6.42 Å². The largest absolute Gasteiger partial charge is 0.378 e. The molecule has 0 spiro atoms. The molecule has 3 aliphatic heterocycles. The van der Waals surface area contributed by atoms with Gasteiger partial charge >= 0.3 is 0 Å². The maximum atomic E-state index is 12.6. The molecule has 3 aliphatic rings. The van der Waals surface area contributed by atoms with Crippen molar-refractivity contribution in [1.82, 2.24) is 24.7 Å². The zero-order valence-corrected chi connectivity index (χ0v) is 18.7. The van der Waals surface area contributed by atoms with Gasteiger partial charge in [0.1, 0.15) is 11.6 Å². The monoisotopic (exact) mass is 430 g/mol. The van der Waals surface area contributed by atoms with E-state index in [1.165, 1.54) is 0 Å². The molecule has 0 radical (unpaired) electrons. The van der Waals surface area contributed by atoms with Crippen LogP contribution in [0.5, 0.6) is 0 Å². The Morgan fingerprint density at radius 1 is 1.10 bits per heavy atom. The number of carbonyl (C=O) groups excluding carboxylic acids is 2. The summed E-state index contributed by atoms with van der Waals surface area (Å²) in [6, 6.07) is 0.134. The number of amides is 2. The Balaban J connectivity index is 1.48. The number of hydrogen-bond acceptors (Lipinski definition) is 7. The molecule has 31 heavy (non-hydrogen) atoms. The van der Waals surface area contributed by atoms with Gasteiger partial charge < -0.3 is 19.9 Å². The number of rotatable bonds is 5. The summed E-state index contributed by atoms with van der Waals surface area (Å²) in [5.41, 5.74) is 2.07. The molecule has 9 heteroatoms. The summed E-state index contributed by atoms with van der Waals surface area (Å²) >= 11 is 0. The van der Waals surface area contributed by atoms with Gasteiger partial charge in [-0.25, -0.2) is 9.97 Å². The van der Waals surface area contributed by atoms with E-state index in [2.05, 4.69) is 10.2 Å². The minimum absolute atomic E-state index is 0.0835. The lowest BCUT2D eigenvalue weighted by Crippen LogP contribution is -2.43. The van der Waals surface area contributed by atoms with E-state index >= 15 is 0 Å². The van der Waals surface area contributed by atoms with E-state index in [9.17, 15) is 9.59 Å². The highest BCUT2D eigenvalue weighted by molar-refractivity contribution is 5.76. The quantitative estimate of drug-likeness (QED) is 0.751. The molecule has 0 saturated carbocycles. The fraction of sp³-hybridized carbons (Fsp3) is 0.727. The second-order valence-electron chi connectivity index (χ2n) is 8.59. The molecular weight excluding hydrogens is 396 g/mol. The number of fused-ring (bicyclic) bond motifs is 1. The number of piperidine rings is 1. The lowest BCUT2D eigenvalue weighted by molar-refractivity contribution is -0.135. The van der Waals surface area contributed by atoms with Crippen molar-refractivity contribution in [2.45, 2.75) is 51.6 Å². The molecule has 9 nitrogen and oxygen atoms in total. The highest BCUT2D eigenvalue weighted by Crippen LogP contribution is 2.32. The van der Waals surface area contributed by atoms with Crippen LogP contribution in [0.4, 0.5) is 5.82 Å². The van der Waals surface area contributed by atoms with Gasteiger partial charge in [0.2, 0.25) is 11.8 Å². The average Bonchev–Trinajstić information content (AvgIpc) is 2.82. The van der Waals surface area contributed by atoms with E-state index in [1.54, 1.807) is 6.92 Å². The van der Waals surface area contributed by atoms with Crippen LogP contribution < -0.4 is 5.32 Å². The van der Waals surface area contributed by atoms with Crippen LogP contribution in [0, 0.1) is 0 Å². The number of likely N-dealkylation sites (tertiary alicyclic amines) is 1. The number of anilines is 1. The third-order valence-electron chi connectivity index (χ3n) is 6.65. The van der Waals surface area contributed by atoms with Crippen molar-refractivity contribution in [3.63, 3.8) is 0 Å². The van der Waals surface area contributed by atoms with Gasteiger partial charge in [-0.2, -0.15) is 0 Å². The fourth-order valence-corrected chi connectivity index (χ4v) is 4.82. The lowest BCUT2D eigenvalue weighted by Gasteiger charge is -2.36. The topological polar surface area (TPSA) is 90.9 Å². The first kappa shape index (κ1) is 22.0. The number of aromatic nitrogens is 2. The number of morpholine rings is 1. The molecule has 170 valence electrons. The van der Waals surface area contributed by atoms with Gasteiger partial charge in [-0.15, -0.1) is 0 Å². The van der Waals surface area contributed by atoms with Crippen LogP contribution in [0.3, 0.4) is 0 Å². The van der Waals surface area contributed by atoms with E-state index in [0.29, 0.717) is 45.8 Å². The lowest BCUT2D eigenvalue weighted by atomic mass is 9.99. The molecule has 0 aliphatic carbocycles. The first-order valence-corrected chi connectivity index (χ1v) is 11.5. The van der Waals surface area contributed by atoms with Crippen LogP contribution in [0.2, 0.25) is 0 Å². The summed E-state index contributed by atoms with van der Waals surface area (Å²) in [6.07, 6.45) is 4.56. The first-order chi connectivity index (χ1) is 15.1. The average molecular weight is 431 g/mol. The first-order valence-electron chi connectivity index (χ1n) is 11.5. The van der Waals surface area contributed by atoms with Gasteiger partial charge in [0.05, 0.1) is 31.5 Å². The summed E-state index contributed by atoms with van der Waals surface area (Å²) in [4.78, 5) is 40.4. The van der Waals surface area contributed by atoms with Crippen molar-refractivity contribution in [1.29, 1.82) is 0 Å². The summed E-state index contributed by atoms with van der Waals surface area (Å²) in [6.45, 7) is 7.22. The molecule has 1 N–H and O–H groups in total. The maximum absolute atomic E-state index is 12.6. The molecule has 0 bridgehead atoms. The zero-order valence-electron chi connectivity index (χ0n) is 18.7. The minimum atomic E-state index is 0.0835. The molecule has 0 unspecified atom stereocenters. The summed E-state index contributed by atoms with van der Waals surface area (Å²) < 4.78 is 5.36. The molecule has 1 atom stereocenters. The fourth-order valence-electron chi connectivity index (χ4n) is 4.82.